The molecule has 0 radical (unpaired) electrons. The SMILES string of the molecule is Cc1cc(=O)oc2cc(NC(=O)C(N)CCCN)ccc12.Cl. The molecule has 1 unspecified atom stereocenters. The Bertz CT molecular complexity index is 715. The molecule has 0 aliphatic heterocycles. The van der Waals surface area contributed by atoms with E-state index in [1.165, 1.54) is 6.07 Å². The second-order valence-corrected chi connectivity index (χ2v) is 4.99. The number of nitrogens with one attached hydrogen (secondary N) is 1. The van der Waals surface area contributed by atoms with E-state index in [0.29, 0.717) is 30.7 Å². The number of carbonyl (C=O) groups excluding carboxylic acids is 1. The van der Waals surface area contributed by atoms with Crippen LogP contribution in [0, 0.1) is 6.92 Å². The number of fused-ring (bicyclic) bond motifs is 1. The summed E-state index contributed by atoms with van der Waals surface area (Å²) in [6.45, 7) is 2.33. The first-order valence-corrected chi connectivity index (χ1v) is 6.82. The van der Waals surface area contributed by atoms with Gasteiger partial charge in [-0.3, -0.25) is 4.79 Å². The summed E-state index contributed by atoms with van der Waals surface area (Å²) in [7, 11) is 0. The van der Waals surface area contributed by atoms with E-state index in [1.54, 1.807) is 18.2 Å². The minimum Gasteiger partial charge on any atom is -0.423 e. The standard InChI is InChI=1S/C15H19N3O3.ClH/c1-9-7-14(19)21-13-8-10(4-5-11(9)13)18-15(20)12(17)3-2-6-16;/h4-5,7-8,12H,2-3,6,16-17H2,1H3,(H,18,20);1H. The first-order chi connectivity index (χ1) is 10.0. The zero-order valence-corrected chi connectivity index (χ0v) is 13.1. The predicted molar refractivity (Wildman–Crippen MR) is 89.4 cm³/mol. The highest BCUT2D eigenvalue weighted by Gasteiger charge is 2.13. The monoisotopic (exact) mass is 325 g/mol. The molecular formula is C15H20ClN3O3. The topological polar surface area (TPSA) is 111 Å². The van der Waals surface area contributed by atoms with Crippen LogP contribution in [-0.2, 0) is 4.79 Å². The Kier molecular flexibility index (Phi) is 6.55. The quantitative estimate of drug-likeness (QED) is 0.722. The number of aryl methyl sites for hydroxylation is 1. The Morgan fingerprint density at radius 3 is 2.77 bits per heavy atom. The lowest BCUT2D eigenvalue weighted by atomic mass is 10.1. The lowest BCUT2D eigenvalue weighted by Crippen LogP contribution is -2.35. The molecule has 1 aromatic carbocycles. The van der Waals surface area contributed by atoms with Crippen LogP contribution >= 0.6 is 12.4 Å². The van der Waals surface area contributed by atoms with E-state index in [1.807, 2.05) is 6.92 Å². The van der Waals surface area contributed by atoms with Gasteiger partial charge in [0.2, 0.25) is 5.91 Å². The van der Waals surface area contributed by atoms with Gasteiger partial charge >= 0.3 is 5.63 Å². The molecule has 1 atom stereocenters. The van der Waals surface area contributed by atoms with Gasteiger partial charge in [0, 0.05) is 23.2 Å². The van der Waals surface area contributed by atoms with Crippen LogP contribution in [0.25, 0.3) is 11.0 Å². The van der Waals surface area contributed by atoms with E-state index < -0.39 is 11.7 Å². The lowest BCUT2D eigenvalue weighted by Gasteiger charge is -2.12. The molecule has 0 saturated heterocycles. The number of carbonyl (C=O) groups is 1. The maximum atomic E-state index is 11.9. The third-order valence-electron chi connectivity index (χ3n) is 3.27. The zero-order valence-electron chi connectivity index (χ0n) is 12.3. The fourth-order valence-corrected chi connectivity index (χ4v) is 2.11. The molecule has 1 amide bonds. The molecule has 120 valence electrons. The van der Waals surface area contributed by atoms with Crippen molar-refractivity contribution in [3.8, 4) is 0 Å². The van der Waals surface area contributed by atoms with E-state index in [2.05, 4.69) is 5.32 Å². The minimum atomic E-state index is -0.603. The van der Waals surface area contributed by atoms with E-state index in [0.717, 1.165) is 10.9 Å². The van der Waals surface area contributed by atoms with Crippen LogP contribution in [0.4, 0.5) is 5.69 Å². The van der Waals surface area contributed by atoms with Gasteiger partial charge < -0.3 is 21.2 Å². The van der Waals surface area contributed by atoms with Gasteiger partial charge in [0.15, 0.2) is 0 Å². The van der Waals surface area contributed by atoms with Crippen molar-refractivity contribution in [1.82, 2.24) is 0 Å². The smallest absolute Gasteiger partial charge is 0.336 e. The fourth-order valence-electron chi connectivity index (χ4n) is 2.11. The second-order valence-electron chi connectivity index (χ2n) is 4.99. The summed E-state index contributed by atoms with van der Waals surface area (Å²) in [4.78, 5) is 23.3. The van der Waals surface area contributed by atoms with Crippen molar-refractivity contribution < 1.29 is 9.21 Å². The van der Waals surface area contributed by atoms with Gasteiger partial charge in [0.1, 0.15) is 5.58 Å². The van der Waals surface area contributed by atoms with Crippen LogP contribution in [0.1, 0.15) is 18.4 Å². The highest BCUT2D eigenvalue weighted by atomic mass is 35.5. The van der Waals surface area contributed by atoms with Crippen LogP contribution in [0.5, 0.6) is 0 Å². The number of amides is 1. The third-order valence-corrected chi connectivity index (χ3v) is 3.27. The van der Waals surface area contributed by atoms with Gasteiger partial charge in [-0.15, -0.1) is 12.4 Å². The highest BCUT2D eigenvalue weighted by Crippen LogP contribution is 2.20. The van der Waals surface area contributed by atoms with Crippen molar-refractivity contribution in [3.63, 3.8) is 0 Å². The van der Waals surface area contributed by atoms with E-state index in [-0.39, 0.29) is 18.3 Å². The summed E-state index contributed by atoms with van der Waals surface area (Å²) in [5, 5.41) is 3.55. The number of anilines is 1. The van der Waals surface area contributed by atoms with E-state index in [9.17, 15) is 9.59 Å². The van der Waals surface area contributed by atoms with Gasteiger partial charge in [-0.05, 0) is 44.0 Å². The van der Waals surface area contributed by atoms with E-state index >= 15 is 0 Å². The lowest BCUT2D eigenvalue weighted by molar-refractivity contribution is -0.117. The van der Waals surface area contributed by atoms with Crippen LogP contribution in [0.2, 0.25) is 0 Å². The molecular weight excluding hydrogens is 306 g/mol. The van der Waals surface area contributed by atoms with Crippen molar-refractivity contribution >= 4 is 35.0 Å². The first-order valence-electron chi connectivity index (χ1n) is 6.82. The molecule has 7 heteroatoms. The van der Waals surface area contributed by atoms with Gasteiger partial charge in [0.05, 0.1) is 6.04 Å². The number of halogens is 1. The molecule has 2 aromatic rings. The van der Waals surface area contributed by atoms with Gasteiger partial charge in [-0.25, -0.2) is 4.79 Å². The number of rotatable bonds is 5. The van der Waals surface area contributed by atoms with Gasteiger partial charge in [0.25, 0.3) is 0 Å². The zero-order chi connectivity index (χ0) is 15.4. The van der Waals surface area contributed by atoms with Crippen LogP contribution in [0.3, 0.4) is 0 Å². The van der Waals surface area contributed by atoms with Crippen molar-refractivity contribution in [1.29, 1.82) is 0 Å². The van der Waals surface area contributed by atoms with Crippen molar-refractivity contribution in [2.45, 2.75) is 25.8 Å². The fraction of sp³-hybridized carbons (Fsp3) is 0.333. The molecule has 0 fully saturated rings. The second kappa shape index (κ2) is 7.93. The van der Waals surface area contributed by atoms with Gasteiger partial charge in [-0.2, -0.15) is 0 Å². The summed E-state index contributed by atoms with van der Waals surface area (Å²) in [6, 6.07) is 6.01. The summed E-state index contributed by atoms with van der Waals surface area (Å²) in [6.07, 6.45) is 1.23. The molecule has 6 nitrogen and oxygen atoms in total. The average molecular weight is 326 g/mol. The van der Waals surface area contributed by atoms with Crippen LogP contribution in [-0.4, -0.2) is 18.5 Å². The number of benzene rings is 1. The molecule has 0 aliphatic carbocycles. The number of hydrogen-bond acceptors (Lipinski definition) is 5. The van der Waals surface area contributed by atoms with Crippen molar-refractivity contribution in [3.05, 3.63) is 40.2 Å². The highest BCUT2D eigenvalue weighted by molar-refractivity contribution is 5.96. The Morgan fingerprint density at radius 2 is 2.09 bits per heavy atom. The Labute approximate surface area is 134 Å². The maximum absolute atomic E-state index is 11.9. The van der Waals surface area contributed by atoms with E-state index in [4.69, 9.17) is 15.9 Å². The Balaban J connectivity index is 0.00000242. The molecule has 0 aliphatic rings. The third kappa shape index (κ3) is 4.30. The summed E-state index contributed by atoms with van der Waals surface area (Å²) >= 11 is 0. The number of hydrogen-bond donors (Lipinski definition) is 3. The number of nitrogens with two attached hydrogens (primary N) is 2. The first kappa shape index (κ1) is 18.2. The molecule has 0 spiro atoms. The Morgan fingerprint density at radius 1 is 1.36 bits per heavy atom. The molecule has 0 saturated carbocycles. The molecule has 22 heavy (non-hydrogen) atoms. The average Bonchev–Trinajstić information content (AvgIpc) is 2.44. The summed E-state index contributed by atoms with van der Waals surface area (Å²) in [5.74, 6) is -0.280. The molecule has 1 heterocycles. The van der Waals surface area contributed by atoms with Gasteiger partial charge in [-0.1, -0.05) is 0 Å². The normalized spacial score (nSPS) is 11.8. The predicted octanol–water partition coefficient (Wildman–Crippen LogP) is 1.53. The minimum absolute atomic E-state index is 0. The van der Waals surface area contributed by atoms with Crippen molar-refractivity contribution in [2.24, 2.45) is 11.5 Å². The molecule has 1 aromatic heterocycles. The van der Waals surface area contributed by atoms with Crippen LogP contribution < -0.4 is 22.4 Å². The molecule has 0 bridgehead atoms. The summed E-state index contributed by atoms with van der Waals surface area (Å²) < 4.78 is 5.14. The molecule has 5 N–H and O–H groups in total. The van der Waals surface area contributed by atoms with Crippen LogP contribution in [0.15, 0.2) is 33.5 Å². The van der Waals surface area contributed by atoms with Crippen molar-refractivity contribution in [2.75, 3.05) is 11.9 Å². The summed E-state index contributed by atoms with van der Waals surface area (Å²) in [5.41, 5.74) is 12.6. The Hall–Kier alpha value is -1.89. The maximum Gasteiger partial charge on any atom is 0.336 e. The molecule has 2 rings (SSSR count). The largest absolute Gasteiger partial charge is 0.423 e.